The minimum absolute atomic E-state index is 0.0646. The molecule has 1 aromatic carbocycles. The van der Waals surface area contributed by atoms with Crippen molar-refractivity contribution in [2.75, 3.05) is 39.8 Å². The van der Waals surface area contributed by atoms with Crippen molar-refractivity contribution in [1.82, 2.24) is 15.1 Å². The molecule has 1 aromatic heterocycles. The van der Waals surface area contributed by atoms with E-state index in [1.54, 1.807) is 24.1 Å². The number of furan rings is 1. The highest BCUT2D eigenvalue weighted by Crippen LogP contribution is 2.27. The molecule has 1 atom stereocenters. The molecule has 2 fully saturated rings. The second-order valence-corrected chi connectivity index (χ2v) is 8.32. The van der Waals surface area contributed by atoms with E-state index in [1.165, 1.54) is 24.7 Å². The average Bonchev–Trinajstić information content (AvgIpc) is 3.54. The lowest BCUT2D eigenvalue weighted by Crippen LogP contribution is -2.44. The van der Waals surface area contributed by atoms with Crippen LogP contribution < -0.4 is 10.1 Å². The summed E-state index contributed by atoms with van der Waals surface area (Å²) >= 11 is 0. The van der Waals surface area contributed by atoms with Crippen molar-refractivity contribution in [3.8, 4) is 5.75 Å². The molecule has 2 aliphatic heterocycles. The van der Waals surface area contributed by atoms with Gasteiger partial charge in [-0.2, -0.15) is 0 Å². The predicted molar refractivity (Wildman–Crippen MR) is 117 cm³/mol. The third-order valence-corrected chi connectivity index (χ3v) is 6.41. The van der Waals surface area contributed by atoms with Gasteiger partial charge in [0.15, 0.2) is 5.76 Å². The van der Waals surface area contributed by atoms with Crippen molar-refractivity contribution in [2.24, 2.45) is 5.92 Å². The maximum Gasteiger partial charge on any atom is 0.289 e. The molecule has 166 valence electrons. The Hall–Kier alpha value is -2.80. The lowest BCUT2D eigenvalue weighted by Gasteiger charge is -2.32. The molecular formula is C24H31N3O4. The maximum absolute atomic E-state index is 12.9. The third-order valence-electron chi connectivity index (χ3n) is 6.41. The number of methoxy groups -OCH3 is 1. The number of rotatable bonds is 7. The topological polar surface area (TPSA) is 75.0 Å². The number of carbonyl (C=O) groups excluding carboxylic acids is 2. The van der Waals surface area contributed by atoms with E-state index >= 15 is 0 Å². The molecule has 0 saturated carbocycles. The van der Waals surface area contributed by atoms with E-state index in [4.69, 9.17) is 9.15 Å². The normalized spacial score (nSPS) is 18.7. The van der Waals surface area contributed by atoms with Gasteiger partial charge in [-0.15, -0.1) is 0 Å². The standard InChI is InChI=1S/C24H31N3O4/c1-30-20-7-4-6-19(16-20)21(26-11-2-3-12-26)17-25-23(28)18-9-13-27(14-10-18)24(29)22-8-5-15-31-22/h4-8,15-16,18,21H,2-3,9-14,17H2,1H3,(H,25,28). The molecule has 0 aliphatic carbocycles. The molecule has 0 spiro atoms. The minimum Gasteiger partial charge on any atom is -0.497 e. The molecule has 31 heavy (non-hydrogen) atoms. The lowest BCUT2D eigenvalue weighted by atomic mass is 9.95. The first kappa shape index (κ1) is 21.4. The van der Waals surface area contributed by atoms with E-state index < -0.39 is 0 Å². The molecule has 0 radical (unpaired) electrons. The van der Waals surface area contributed by atoms with Gasteiger partial charge in [-0.05, 0) is 68.6 Å². The molecule has 4 rings (SSSR count). The number of hydrogen-bond acceptors (Lipinski definition) is 5. The van der Waals surface area contributed by atoms with Crippen LogP contribution in [-0.4, -0.2) is 61.4 Å². The summed E-state index contributed by atoms with van der Waals surface area (Å²) < 4.78 is 10.6. The van der Waals surface area contributed by atoms with E-state index in [1.807, 2.05) is 12.1 Å². The number of nitrogens with zero attached hydrogens (tertiary/aromatic N) is 2. The van der Waals surface area contributed by atoms with Crippen molar-refractivity contribution in [1.29, 1.82) is 0 Å². The number of hydrogen-bond donors (Lipinski definition) is 1. The Bertz CT molecular complexity index is 869. The Labute approximate surface area is 183 Å². The Morgan fingerprint density at radius 3 is 2.58 bits per heavy atom. The first-order valence-corrected chi connectivity index (χ1v) is 11.1. The maximum atomic E-state index is 12.9. The fourth-order valence-electron chi connectivity index (χ4n) is 4.60. The Morgan fingerprint density at radius 1 is 1.13 bits per heavy atom. The van der Waals surface area contributed by atoms with Crippen LogP contribution in [0.5, 0.6) is 5.75 Å². The van der Waals surface area contributed by atoms with E-state index in [2.05, 4.69) is 22.3 Å². The van der Waals surface area contributed by atoms with Gasteiger partial charge in [0.05, 0.1) is 19.4 Å². The number of likely N-dealkylation sites (tertiary alicyclic amines) is 2. The van der Waals surface area contributed by atoms with Crippen LogP contribution in [0.3, 0.4) is 0 Å². The molecule has 2 amide bonds. The van der Waals surface area contributed by atoms with Gasteiger partial charge in [0, 0.05) is 25.6 Å². The molecular weight excluding hydrogens is 394 g/mol. The number of piperidine rings is 1. The summed E-state index contributed by atoms with van der Waals surface area (Å²) in [4.78, 5) is 29.5. The van der Waals surface area contributed by atoms with Gasteiger partial charge in [0.25, 0.3) is 5.91 Å². The average molecular weight is 426 g/mol. The van der Waals surface area contributed by atoms with Crippen molar-refractivity contribution < 1.29 is 18.7 Å². The van der Waals surface area contributed by atoms with Crippen LogP contribution in [0.25, 0.3) is 0 Å². The molecule has 2 aliphatic rings. The zero-order chi connectivity index (χ0) is 21.6. The highest BCUT2D eigenvalue weighted by molar-refractivity contribution is 5.91. The smallest absolute Gasteiger partial charge is 0.289 e. The number of ether oxygens (including phenoxy) is 1. The molecule has 1 N–H and O–H groups in total. The van der Waals surface area contributed by atoms with Gasteiger partial charge in [0.2, 0.25) is 5.91 Å². The molecule has 7 heteroatoms. The number of benzene rings is 1. The van der Waals surface area contributed by atoms with Crippen molar-refractivity contribution in [2.45, 2.75) is 31.7 Å². The Kier molecular flexibility index (Phi) is 6.92. The first-order chi connectivity index (χ1) is 15.2. The summed E-state index contributed by atoms with van der Waals surface area (Å²) in [7, 11) is 1.68. The highest BCUT2D eigenvalue weighted by Gasteiger charge is 2.30. The third kappa shape index (κ3) is 5.10. The molecule has 2 aromatic rings. The fourth-order valence-corrected chi connectivity index (χ4v) is 4.60. The lowest BCUT2D eigenvalue weighted by molar-refractivity contribution is -0.126. The summed E-state index contributed by atoms with van der Waals surface area (Å²) in [5.41, 5.74) is 1.17. The van der Waals surface area contributed by atoms with Crippen LogP contribution in [0.15, 0.2) is 47.1 Å². The largest absolute Gasteiger partial charge is 0.497 e. The van der Waals surface area contributed by atoms with Crippen molar-refractivity contribution >= 4 is 11.8 Å². The van der Waals surface area contributed by atoms with Gasteiger partial charge in [-0.1, -0.05) is 12.1 Å². The van der Waals surface area contributed by atoms with Crippen molar-refractivity contribution in [3.63, 3.8) is 0 Å². The quantitative estimate of drug-likeness (QED) is 0.738. The highest BCUT2D eigenvalue weighted by atomic mass is 16.5. The van der Waals surface area contributed by atoms with Crippen LogP contribution in [0.4, 0.5) is 0 Å². The first-order valence-electron chi connectivity index (χ1n) is 11.1. The van der Waals surface area contributed by atoms with Gasteiger partial charge < -0.3 is 19.4 Å². The number of nitrogens with one attached hydrogen (secondary N) is 1. The van der Waals surface area contributed by atoms with Crippen LogP contribution >= 0.6 is 0 Å². The van der Waals surface area contributed by atoms with Gasteiger partial charge in [-0.3, -0.25) is 14.5 Å². The Balaban J connectivity index is 1.33. The zero-order valence-electron chi connectivity index (χ0n) is 18.1. The summed E-state index contributed by atoms with van der Waals surface area (Å²) in [6, 6.07) is 11.7. The SMILES string of the molecule is COc1cccc(C(CNC(=O)C2CCN(C(=O)c3ccco3)CC2)N2CCCC2)c1. The monoisotopic (exact) mass is 425 g/mol. The molecule has 0 bridgehead atoms. The molecule has 2 saturated heterocycles. The van der Waals surface area contributed by atoms with E-state index in [0.29, 0.717) is 38.2 Å². The summed E-state index contributed by atoms with van der Waals surface area (Å²) in [6.07, 6.45) is 5.23. The van der Waals surface area contributed by atoms with E-state index in [0.717, 1.165) is 18.8 Å². The second kappa shape index (κ2) is 10.0. The summed E-state index contributed by atoms with van der Waals surface area (Å²) in [6.45, 7) is 3.82. The second-order valence-electron chi connectivity index (χ2n) is 8.32. The molecule has 3 heterocycles. The van der Waals surface area contributed by atoms with Gasteiger partial charge in [-0.25, -0.2) is 0 Å². The molecule has 1 unspecified atom stereocenters. The summed E-state index contributed by atoms with van der Waals surface area (Å²) in [5, 5.41) is 3.19. The Morgan fingerprint density at radius 2 is 1.90 bits per heavy atom. The van der Waals surface area contributed by atoms with Crippen molar-refractivity contribution in [3.05, 3.63) is 54.0 Å². The molecule has 7 nitrogen and oxygen atoms in total. The van der Waals surface area contributed by atoms with E-state index in [-0.39, 0.29) is 23.8 Å². The van der Waals surface area contributed by atoms with Crippen LogP contribution in [0.1, 0.15) is 47.8 Å². The van der Waals surface area contributed by atoms with Crippen LogP contribution in [0.2, 0.25) is 0 Å². The summed E-state index contributed by atoms with van der Waals surface area (Å²) in [5.74, 6) is 1.11. The van der Waals surface area contributed by atoms with Gasteiger partial charge in [0.1, 0.15) is 5.75 Å². The van der Waals surface area contributed by atoms with Gasteiger partial charge >= 0.3 is 0 Å². The fraction of sp³-hybridized carbons (Fsp3) is 0.500. The number of amides is 2. The van der Waals surface area contributed by atoms with Crippen LogP contribution in [0, 0.1) is 5.92 Å². The predicted octanol–water partition coefficient (Wildman–Crippen LogP) is 3.09. The number of carbonyl (C=O) groups is 2. The van der Waals surface area contributed by atoms with Crippen LogP contribution in [-0.2, 0) is 4.79 Å². The van der Waals surface area contributed by atoms with E-state index in [9.17, 15) is 9.59 Å². The zero-order valence-corrected chi connectivity index (χ0v) is 18.1. The minimum atomic E-state index is -0.101.